The number of amides is 1. The number of benzene rings is 3. The summed E-state index contributed by atoms with van der Waals surface area (Å²) in [6, 6.07) is 23.7. The van der Waals surface area contributed by atoms with Crippen LogP contribution >= 0.6 is 0 Å². The lowest BCUT2D eigenvalue weighted by Crippen LogP contribution is -2.23. The zero-order valence-corrected chi connectivity index (χ0v) is 14.4. The predicted octanol–water partition coefficient (Wildman–Crippen LogP) is 4.73. The Morgan fingerprint density at radius 3 is 2.58 bits per heavy atom. The van der Waals surface area contributed by atoms with E-state index in [-0.39, 0.29) is 5.91 Å². The van der Waals surface area contributed by atoms with Crippen LogP contribution in [0.3, 0.4) is 0 Å². The van der Waals surface area contributed by atoms with Crippen molar-refractivity contribution in [2.75, 3.05) is 0 Å². The fourth-order valence-corrected chi connectivity index (χ4v) is 2.97. The molecule has 26 heavy (non-hydrogen) atoms. The molecule has 0 bridgehead atoms. The number of aryl methyl sites for hydroxylation is 1. The van der Waals surface area contributed by atoms with Gasteiger partial charge < -0.3 is 9.84 Å². The van der Waals surface area contributed by atoms with E-state index in [0.717, 1.165) is 16.5 Å². The van der Waals surface area contributed by atoms with Gasteiger partial charge in [-0.1, -0.05) is 59.8 Å². The first-order valence-corrected chi connectivity index (χ1v) is 8.49. The Morgan fingerprint density at radius 2 is 1.73 bits per heavy atom. The standard InChI is InChI=1S/C22H18N2O2/c1-15-6-2-5-9-20(15)22(25)23-14-19-13-21(26-24-19)18-11-10-16-7-3-4-8-17(16)12-18/h2-13H,14H2,1H3,(H,23,25). The van der Waals surface area contributed by atoms with E-state index in [1.54, 1.807) is 0 Å². The normalized spacial score (nSPS) is 10.8. The van der Waals surface area contributed by atoms with E-state index in [9.17, 15) is 4.79 Å². The molecule has 1 amide bonds. The smallest absolute Gasteiger partial charge is 0.251 e. The van der Waals surface area contributed by atoms with E-state index in [4.69, 9.17) is 4.52 Å². The Labute approximate surface area is 151 Å². The van der Waals surface area contributed by atoms with Crippen molar-refractivity contribution in [1.82, 2.24) is 10.5 Å². The number of nitrogens with one attached hydrogen (secondary N) is 1. The van der Waals surface area contributed by atoms with Gasteiger partial charge in [0.1, 0.15) is 5.69 Å². The molecule has 0 aliphatic rings. The van der Waals surface area contributed by atoms with Gasteiger partial charge in [0.15, 0.2) is 5.76 Å². The van der Waals surface area contributed by atoms with Gasteiger partial charge >= 0.3 is 0 Å². The third kappa shape index (κ3) is 3.22. The van der Waals surface area contributed by atoms with Gasteiger partial charge in [0.2, 0.25) is 0 Å². The highest BCUT2D eigenvalue weighted by Gasteiger charge is 2.11. The number of nitrogens with zero attached hydrogens (tertiary/aromatic N) is 1. The summed E-state index contributed by atoms with van der Waals surface area (Å²) in [4.78, 5) is 12.3. The molecule has 0 fully saturated rings. The fraction of sp³-hybridized carbons (Fsp3) is 0.0909. The first-order chi connectivity index (χ1) is 12.7. The summed E-state index contributed by atoms with van der Waals surface area (Å²) in [6.45, 7) is 2.24. The molecule has 0 unspecified atom stereocenters. The van der Waals surface area contributed by atoms with Crippen LogP contribution < -0.4 is 5.32 Å². The number of rotatable bonds is 4. The lowest BCUT2D eigenvalue weighted by atomic mass is 10.1. The molecule has 0 atom stereocenters. The lowest BCUT2D eigenvalue weighted by Gasteiger charge is -2.05. The van der Waals surface area contributed by atoms with Crippen LogP contribution in [-0.4, -0.2) is 11.1 Å². The minimum atomic E-state index is -0.113. The van der Waals surface area contributed by atoms with Gasteiger partial charge in [-0.05, 0) is 35.4 Å². The van der Waals surface area contributed by atoms with Crippen molar-refractivity contribution < 1.29 is 9.32 Å². The minimum Gasteiger partial charge on any atom is -0.356 e. The highest BCUT2D eigenvalue weighted by Crippen LogP contribution is 2.25. The Balaban J connectivity index is 1.49. The van der Waals surface area contributed by atoms with E-state index >= 15 is 0 Å². The molecule has 4 aromatic rings. The summed E-state index contributed by atoms with van der Waals surface area (Å²) in [5.74, 6) is 0.578. The number of hydrogen-bond acceptors (Lipinski definition) is 3. The maximum absolute atomic E-state index is 12.3. The lowest BCUT2D eigenvalue weighted by molar-refractivity contribution is 0.0949. The zero-order chi connectivity index (χ0) is 17.9. The summed E-state index contributed by atoms with van der Waals surface area (Å²) < 4.78 is 5.46. The molecule has 1 heterocycles. The Hall–Kier alpha value is -3.40. The molecule has 0 aliphatic carbocycles. The Kier molecular flexibility index (Phi) is 4.23. The van der Waals surface area contributed by atoms with Crippen molar-refractivity contribution in [2.24, 2.45) is 0 Å². The predicted molar refractivity (Wildman–Crippen MR) is 102 cm³/mol. The van der Waals surface area contributed by atoms with Gasteiger partial charge in [-0.2, -0.15) is 0 Å². The van der Waals surface area contributed by atoms with Crippen LogP contribution in [0.15, 0.2) is 77.3 Å². The highest BCUT2D eigenvalue weighted by molar-refractivity contribution is 5.95. The Bertz CT molecular complexity index is 1080. The average molecular weight is 342 g/mol. The van der Waals surface area contributed by atoms with Gasteiger partial charge in [0.25, 0.3) is 5.91 Å². The van der Waals surface area contributed by atoms with Gasteiger partial charge in [-0.3, -0.25) is 4.79 Å². The van der Waals surface area contributed by atoms with Crippen LogP contribution in [0.1, 0.15) is 21.6 Å². The molecule has 1 N–H and O–H groups in total. The largest absolute Gasteiger partial charge is 0.356 e. The number of carbonyl (C=O) groups is 1. The molecule has 0 saturated carbocycles. The maximum atomic E-state index is 12.3. The third-order valence-corrected chi connectivity index (χ3v) is 4.41. The first kappa shape index (κ1) is 16.1. The molecular formula is C22H18N2O2. The minimum absolute atomic E-state index is 0.113. The number of carbonyl (C=O) groups excluding carboxylic acids is 1. The molecule has 128 valence electrons. The van der Waals surface area contributed by atoms with Crippen molar-refractivity contribution in [1.29, 1.82) is 0 Å². The molecule has 3 aromatic carbocycles. The second kappa shape index (κ2) is 6.84. The topological polar surface area (TPSA) is 55.1 Å². The number of aromatic nitrogens is 1. The van der Waals surface area contributed by atoms with E-state index in [0.29, 0.717) is 23.6 Å². The summed E-state index contributed by atoms with van der Waals surface area (Å²) in [7, 11) is 0. The Morgan fingerprint density at radius 1 is 0.962 bits per heavy atom. The zero-order valence-electron chi connectivity index (χ0n) is 14.4. The molecule has 0 spiro atoms. The molecule has 4 heteroatoms. The van der Waals surface area contributed by atoms with Crippen LogP contribution in [-0.2, 0) is 6.54 Å². The molecule has 4 nitrogen and oxygen atoms in total. The summed E-state index contributed by atoms with van der Waals surface area (Å²) in [5, 5.41) is 9.29. The third-order valence-electron chi connectivity index (χ3n) is 4.41. The molecule has 4 rings (SSSR count). The van der Waals surface area contributed by atoms with Crippen molar-refractivity contribution in [3.63, 3.8) is 0 Å². The van der Waals surface area contributed by atoms with Crippen LogP contribution in [0.2, 0.25) is 0 Å². The molecule has 1 aromatic heterocycles. The summed E-state index contributed by atoms with van der Waals surface area (Å²) >= 11 is 0. The quantitative estimate of drug-likeness (QED) is 0.583. The molecular weight excluding hydrogens is 324 g/mol. The van der Waals surface area contributed by atoms with Gasteiger partial charge in [0, 0.05) is 17.2 Å². The molecule has 0 saturated heterocycles. The van der Waals surface area contributed by atoms with Crippen LogP contribution in [0.4, 0.5) is 0 Å². The summed E-state index contributed by atoms with van der Waals surface area (Å²) in [6.07, 6.45) is 0. The average Bonchev–Trinajstić information content (AvgIpc) is 3.15. The van der Waals surface area contributed by atoms with Crippen molar-refractivity contribution in [3.8, 4) is 11.3 Å². The first-order valence-electron chi connectivity index (χ1n) is 8.49. The highest BCUT2D eigenvalue weighted by atomic mass is 16.5. The second-order valence-electron chi connectivity index (χ2n) is 6.24. The maximum Gasteiger partial charge on any atom is 0.251 e. The van der Waals surface area contributed by atoms with E-state index in [1.807, 2.05) is 55.5 Å². The van der Waals surface area contributed by atoms with Gasteiger partial charge in [0.05, 0.1) is 6.54 Å². The van der Waals surface area contributed by atoms with Crippen molar-refractivity contribution in [3.05, 3.63) is 89.6 Å². The molecule has 0 radical (unpaired) electrons. The monoisotopic (exact) mass is 342 g/mol. The van der Waals surface area contributed by atoms with Crippen LogP contribution in [0, 0.1) is 6.92 Å². The second-order valence-corrected chi connectivity index (χ2v) is 6.24. The van der Waals surface area contributed by atoms with Crippen LogP contribution in [0.25, 0.3) is 22.1 Å². The van der Waals surface area contributed by atoms with E-state index < -0.39 is 0 Å². The van der Waals surface area contributed by atoms with Gasteiger partial charge in [-0.25, -0.2) is 0 Å². The number of hydrogen-bond donors (Lipinski definition) is 1. The van der Waals surface area contributed by atoms with Crippen molar-refractivity contribution in [2.45, 2.75) is 13.5 Å². The molecule has 0 aliphatic heterocycles. The van der Waals surface area contributed by atoms with Crippen LogP contribution in [0.5, 0.6) is 0 Å². The van der Waals surface area contributed by atoms with Gasteiger partial charge in [-0.15, -0.1) is 0 Å². The van der Waals surface area contributed by atoms with Crippen molar-refractivity contribution >= 4 is 16.7 Å². The van der Waals surface area contributed by atoms with E-state index in [2.05, 4.69) is 34.7 Å². The number of fused-ring (bicyclic) bond motifs is 1. The van der Waals surface area contributed by atoms with E-state index in [1.165, 1.54) is 5.39 Å². The SMILES string of the molecule is Cc1ccccc1C(=O)NCc1cc(-c2ccc3ccccc3c2)on1. The summed E-state index contributed by atoms with van der Waals surface area (Å²) in [5.41, 5.74) is 3.27. The fourth-order valence-electron chi connectivity index (χ4n) is 2.97.